The molecule has 1 rings (SSSR count). The zero-order valence-corrected chi connectivity index (χ0v) is 13.2. The molecular formula is C17H24O3. The van der Waals surface area contributed by atoms with Crippen molar-refractivity contribution in [1.29, 1.82) is 0 Å². The van der Waals surface area contributed by atoms with Gasteiger partial charge in [-0.3, -0.25) is 0 Å². The van der Waals surface area contributed by atoms with Crippen molar-refractivity contribution in [3.8, 4) is 5.75 Å². The van der Waals surface area contributed by atoms with Gasteiger partial charge >= 0.3 is 5.97 Å². The van der Waals surface area contributed by atoms with E-state index in [1.54, 1.807) is 24.3 Å². The molecule has 0 spiro atoms. The fraction of sp³-hybridized carbons (Fsp3) is 0.471. The Kier molecular flexibility index (Phi) is 4.64. The molecular weight excluding hydrogens is 252 g/mol. The predicted octanol–water partition coefficient (Wildman–Crippen LogP) is 4.04. The lowest BCUT2D eigenvalue weighted by molar-refractivity contribution is -0.148. The molecule has 3 nitrogen and oxygen atoms in total. The maximum Gasteiger partial charge on any atom is 0.331 e. The first-order valence-corrected chi connectivity index (χ1v) is 6.73. The molecule has 0 radical (unpaired) electrons. The number of esters is 1. The van der Waals surface area contributed by atoms with E-state index in [1.807, 2.05) is 20.8 Å². The number of carbonyl (C=O) groups is 1. The molecule has 0 aliphatic heterocycles. The van der Waals surface area contributed by atoms with E-state index in [4.69, 9.17) is 4.74 Å². The molecule has 110 valence electrons. The van der Waals surface area contributed by atoms with Crippen LogP contribution < -0.4 is 0 Å². The second-order valence-corrected chi connectivity index (χ2v) is 6.89. The Morgan fingerprint density at radius 2 is 1.75 bits per heavy atom. The average Bonchev–Trinajstić information content (AvgIpc) is 2.23. The molecule has 0 heterocycles. The Balaban J connectivity index is 3.01. The van der Waals surface area contributed by atoms with Gasteiger partial charge in [-0.2, -0.15) is 0 Å². The molecule has 0 saturated heterocycles. The summed E-state index contributed by atoms with van der Waals surface area (Å²) in [5, 5.41) is 9.62. The lowest BCUT2D eigenvalue weighted by atomic mass is 9.83. The van der Waals surface area contributed by atoms with Gasteiger partial charge in [0.2, 0.25) is 0 Å². The standard InChI is InChI=1S/C17H24O3/c1-16(2,3)14-11-13(18)9-7-12(14)8-10-15(19)20-17(4,5)6/h7-11,18H,1-6H3. The minimum absolute atomic E-state index is 0.119. The smallest absolute Gasteiger partial charge is 0.331 e. The van der Waals surface area contributed by atoms with Gasteiger partial charge in [-0.1, -0.05) is 26.8 Å². The van der Waals surface area contributed by atoms with Crippen LogP contribution in [0.4, 0.5) is 0 Å². The first kappa shape index (κ1) is 16.3. The molecule has 1 aromatic carbocycles. The third kappa shape index (κ3) is 5.08. The molecule has 0 aliphatic carbocycles. The van der Waals surface area contributed by atoms with Crippen molar-refractivity contribution in [2.24, 2.45) is 0 Å². The van der Waals surface area contributed by atoms with E-state index in [0.717, 1.165) is 11.1 Å². The summed E-state index contributed by atoms with van der Waals surface area (Å²) in [4.78, 5) is 11.7. The van der Waals surface area contributed by atoms with Gasteiger partial charge < -0.3 is 9.84 Å². The molecule has 0 aromatic heterocycles. The number of phenolic OH excluding ortho intramolecular Hbond substituents is 1. The van der Waals surface area contributed by atoms with E-state index in [9.17, 15) is 9.90 Å². The molecule has 0 bridgehead atoms. The molecule has 0 amide bonds. The summed E-state index contributed by atoms with van der Waals surface area (Å²) >= 11 is 0. The lowest BCUT2D eigenvalue weighted by Gasteiger charge is -2.22. The van der Waals surface area contributed by atoms with E-state index in [1.165, 1.54) is 6.08 Å². The summed E-state index contributed by atoms with van der Waals surface area (Å²) in [6, 6.07) is 5.15. The second-order valence-electron chi connectivity index (χ2n) is 6.89. The van der Waals surface area contributed by atoms with Crippen LogP contribution in [0, 0.1) is 0 Å². The molecule has 0 aliphatic rings. The highest BCUT2D eigenvalue weighted by Crippen LogP contribution is 2.29. The summed E-state index contributed by atoms with van der Waals surface area (Å²) in [7, 11) is 0. The zero-order chi connectivity index (χ0) is 15.6. The van der Waals surface area contributed by atoms with E-state index in [2.05, 4.69) is 20.8 Å². The highest BCUT2D eigenvalue weighted by Gasteiger charge is 2.18. The van der Waals surface area contributed by atoms with Crippen LogP contribution in [-0.2, 0) is 14.9 Å². The van der Waals surface area contributed by atoms with Crippen molar-refractivity contribution in [3.05, 3.63) is 35.4 Å². The van der Waals surface area contributed by atoms with Gasteiger partial charge in [0.05, 0.1) is 0 Å². The van der Waals surface area contributed by atoms with Crippen molar-refractivity contribution >= 4 is 12.0 Å². The molecule has 3 heteroatoms. The van der Waals surface area contributed by atoms with Crippen LogP contribution in [0.3, 0.4) is 0 Å². The van der Waals surface area contributed by atoms with Gasteiger partial charge in [0.15, 0.2) is 0 Å². The summed E-state index contributed by atoms with van der Waals surface area (Å²) in [6.07, 6.45) is 3.15. The minimum atomic E-state index is -0.497. The quantitative estimate of drug-likeness (QED) is 0.655. The van der Waals surface area contributed by atoms with Gasteiger partial charge in [0, 0.05) is 6.08 Å². The van der Waals surface area contributed by atoms with Gasteiger partial charge in [-0.15, -0.1) is 0 Å². The van der Waals surface area contributed by atoms with Crippen LogP contribution in [0.1, 0.15) is 52.7 Å². The van der Waals surface area contributed by atoms with Crippen LogP contribution in [0.2, 0.25) is 0 Å². The lowest BCUT2D eigenvalue weighted by Crippen LogP contribution is -2.22. The third-order valence-corrected chi connectivity index (χ3v) is 2.65. The normalized spacial score (nSPS) is 12.7. The number of rotatable bonds is 2. The minimum Gasteiger partial charge on any atom is -0.508 e. The molecule has 20 heavy (non-hydrogen) atoms. The fourth-order valence-electron chi connectivity index (χ4n) is 1.83. The Hall–Kier alpha value is -1.77. The van der Waals surface area contributed by atoms with Crippen molar-refractivity contribution in [2.45, 2.75) is 52.6 Å². The summed E-state index contributed by atoms with van der Waals surface area (Å²) in [6.45, 7) is 11.7. The Labute approximate surface area is 121 Å². The molecule has 0 saturated carbocycles. The van der Waals surface area contributed by atoms with Crippen molar-refractivity contribution in [1.82, 2.24) is 0 Å². The van der Waals surface area contributed by atoms with Crippen LogP contribution >= 0.6 is 0 Å². The highest BCUT2D eigenvalue weighted by atomic mass is 16.6. The summed E-state index contributed by atoms with van der Waals surface area (Å²) in [5.41, 5.74) is 1.27. The first-order chi connectivity index (χ1) is 8.99. The number of hydrogen-bond donors (Lipinski definition) is 1. The van der Waals surface area contributed by atoms with Gasteiger partial charge in [0.25, 0.3) is 0 Å². The maximum absolute atomic E-state index is 11.7. The SMILES string of the molecule is CC(C)(C)OC(=O)C=Cc1ccc(O)cc1C(C)(C)C. The maximum atomic E-state index is 11.7. The van der Waals surface area contributed by atoms with Crippen molar-refractivity contribution in [2.75, 3.05) is 0 Å². The van der Waals surface area contributed by atoms with Crippen LogP contribution in [0.25, 0.3) is 6.08 Å². The third-order valence-electron chi connectivity index (χ3n) is 2.65. The highest BCUT2D eigenvalue weighted by molar-refractivity contribution is 5.87. The van der Waals surface area contributed by atoms with Crippen LogP contribution in [0.15, 0.2) is 24.3 Å². The number of phenols is 1. The van der Waals surface area contributed by atoms with Gasteiger partial charge in [-0.05, 0) is 55.5 Å². The van der Waals surface area contributed by atoms with E-state index >= 15 is 0 Å². The van der Waals surface area contributed by atoms with Gasteiger partial charge in [-0.25, -0.2) is 4.79 Å². The Morgan fingerprint density at radius 3 is 2.25 bits per heavy atom. The van der Waals surface area contributed by atoms with E-state index < -0.39 is 5.60 Å². The van der Waals surface area contributed by atoms with Crippen LogP contribution in [-0.4, -0.2) is 16.7 Å². The largest absolute Gasteiger partial charge is 0.508 e. The number of aromatic hydroxyl groups is 1. The second kappa shape index (κ2) is 5.70. The molecule has 0 fully saturated rings. The molecule has 0 unspecified atom stereocenters. The van der Waals surface area contributed by atoms with E-state index in [-0.39, 0.29) is 17.1 Å². The van der Waals surface area contributed by atoms with Crippen LogP contribution in [0.5, 0.6) is 5.75 Å². The predicted molar refractivity (Wildman–Crippen MR) is 81.7 cm³/mol. The fourth-order valence-corrected chi connectivity index (χ4v) is 1.83. The number of hydrogen-bond acceptors (Lipinski definition) is 3. The first-order valence-electron chi connectivity index (χ1n) is 6.73. The van der Waals surface area contributed by atoms with Crippen molar-refractivity contribution < 1.29 is 14.6 Å². The van der Waals surface area contributed by atoms with E-state index in [0.29, 0.717) is 0 Å². The summed E-state index contributed by atoms with van der Waals surface area (Å²) in [5.74, 6) is -0.144. The number of carbonyl (C=O) groups excluding carboxylic acids is 1. The molecule has 1 aromatic rings. The zero-order valence-electron chi connectivity index (χ0n) is 13.2. The molecule has 1 N–H and O–H groups in total. The number of benzene rings is 1. The summed E-state index contributed by atoms with van der Waals surface area (Å²) < 4.78 is 5.23. The van der Waals surface area contributed by atoms with Crippen molar-refractivity contribution in [3.63, 3.8) is 0 Å². The number of ether oxygens (including phenoxy) is 1. The average molecular weight is 276 g/mol. The topological polar surface area (TPSA) is 46.5 Å². The Bertz CT molecular complexity index is 514. The van der Waals surface area contributed by atoms with Gasteiger partial charge in [0.1, 0.15) is 11.4 Å². The monoisotopic (exact) mass is 276 g/mol. The Morgan fingerprint density at radius 1 is 1.15 bits per heavy atom. The molecule has 0 atom stereocenters.